The van der Waals surface area contributed by atoms with Crippen LogP contribution in [0.5, 0.6) is 0 Å². The monoisotopic (exact) mass is 526 g/mol. The van der Waals surface area contributed by atoms with Crippen LogP contribution in [-0.4, -0.2) is 28.5 Å². The van der Waals surface area contributed by atoms with E-state index in [1.165, 1.54) is 36.0 Å². The second kappa shape index (κ2) is 13.0. The average molecular weight is 527 g/mol. The Morgan fingerprint density at radius 3 is 2.37 bits per heavy atom. The number of halogens is 1. The molecule has 9 heteroatoms. The number of aromatic nitrogens is 1. The highest BCUT2D eigenvalue weighted by atomic mass is 32.2. The molecule has 1 heterocycles. The molecule has 3 N–H and O–H groups in total. The standard InChI is InChI=1S/C29H23FN4O3S/c30-24-14-5-4-11-21(24)17-25(33-28(36)20-9-2-1-3-10-20)29(37)32-22-12-8-13-23(18-22)38-19-27(35)34-26-15-6-7-16-31-26/h1-18H,19H2,(H,32,37)(H,33,36)(H,31,34,35)/b25-17-. The number of hydrogen-bond donors (Lipinski definition) is 3. The molecule has 7 nitrogen and oxygen atoms in total. The molecule has 0 saturated heterocycles. The summed E-state index contributed by atoms with van der Waals surface area (Å²) in [7, 11) is 0. The lowest BCUT2D eigenvalue weighted by molar-refractivity contribution is -0.114. The molecular formula is C29H23FN4O3S. The maximum atomic E-state index is 14.3. The highest BCUT2D eigenvalue weighted by molar-refractivity contribution is 8.00. The lowest BCUT2D eigenvalue weighted by Crippen LogP contribution is -2.30. The third kappa shape index (κ3) is 7.62. The predicted octanol–water partition coefficient (Wildman–Crippen LogP) is 5.36. The van der Waals surface area contributed by atoms with E-state index in [4.69, 9.17) is 0 Å². The van der Waals surface area contributed by atoms with Gasteiger partial charge in [0.1, 0.15) is 17.3 Å². The average Bonchev–Trinajstić information content (AvgIpc) is 2.94. The van der Waals surface area contributed by atoms with Gasteiger partial charge in [0.2, 0.25) is 5.91 Å². The van der Waals surface area contributed by atoms with E-state index in [9.17, 15) is 18.8 Å². The van der Waals surface area contributed by atoms with Gasteiger partial charge in [-0.3, -0.25) is 14.4 Å². The van der Waals surface area contributed by atoms with Crippen LogP contribution in [0.25, 0.3) is 6.08 Å². The first-order valence-electron chi connectivity index (χ1n) is 11.6. The van der Waals surface area contributed by atoms with Crippen molar-refractivity contribution in [2.24, 2.45) is 0 Å². The number of nitrogens with zero attached hydrogens (tertiary/aromatic N) is 1. The Morgan fingerprint density at radius 1 is 0.842 bits per heavy atom. The molecule has 38 heavy (non-hydrogen) atoms. The third-order valence-corrected chi connectivity index (χ3v) is 6.12. The normalized spacial score (nSPS) is 10.9. The Kier molecular flexibility index (Phi) is 8.98. The fourth-order valence-electron chi connectivity index (χ4n) is 3.32. The summed E-state index contributed by atoms with van der Waals surface area (Å²) in [6, 6.07) is 26.5. The predicted molar refractivity (Wildman–Crippen MR) is 147 cm³/mol. The summed E-state index contributed by atoms with van der Waals surface area (Å²) in [4.78, 5) is 43.0. The fraction of sp³-hybridized carbons (Fsp3) is 0.0345. The van der Waals surface area contributed by atoms with Gasteiger partial charge in [-0.15, -0.1) is 11.8 Å². The van der Waals surface area contributed by atoms with E-state index in [0.29, 0.717) is 17.1 Å². The van der Waals surface area contributed by atoms with Crippen molar-refractivity contribution < 1.29 is 18.8 Å². The zero-order chi connectivity index (χ0) is 26.7. The summed E-state index contributed by atoms with van der Waals surface area (Å²) in [5, 5.41) is 8.04. The number of carbonyl (C=O) groups excluding carboxylic acids is 3. The largest absolute Gasteiger partial charge is 0.321 e. The van der Waals surface area contributed by atoms with Crippen LogP contribution in [0, 0.1) is 5.82 Å². The molecule has 1 aromatic heterocycles. The fourth-order valence-corrected chi connectivity index (χ4v) is 4.07. The van der Waals surface area contributed by atoms with Crippen LogP contribution in [0.4, 0.5) is 15.9 Å². The quantitative estimate of drug-likeness (QED) is 0.201. The minimum Gasteiger partial charge on any atom is -0.321 e. The molecular weight excluding hydrogens is 503 g/mol. The van der Waals surface area contributed by atoms with Gasteiger partial charge < -0.3 is 16.0 Å². The first-order valence-corrected chi connectivity index (χ1v) is 12.5. The van der Waals surface area contributed by atoms with Crippen LogP contribution in [0.1, 0.15) is 15.9 Å². The first kappa shape index (κ1) is 26.3. The van der Waals surface area contributed by atoms with E-state index >= 15 is 0 Å². The molecule has 4 aromatic rings. The first-order chi connectivity index (χ1) is 18.5. The van der Waals surface area contributed by atoms with E-state index in [2.05, 4.69) is 20.9 Å². The summed E-state index contributed by atoms with van der Waals surface area (Å²) in [6.07, 6.45) is 2.87. The number of pyridine rings is 1. The van der Waals surface area contributed by atoms with Crippen molar-refractivity contribution >= 4 is 47.1 Å². The number of amides is 3. The number of anilines is 2. The molecule has 4 rings (SSSR count). The Bertz CT molecular complexity index is 1460. The maximum Gasteiger partial charge on any atom is 0.272 e. The SMILES string of the molecule is O=C(CSc1cccc(NC(=O)/C(=C/c2ccccc2F)NC(=O)c2ccccc2)c1)Nc1ccccn1. The van der Waals surface area contributed by atoms with Gasteiger partial charge in [0.15, 0.2) is 0 Å². The zero-order valence-electron chi connectivity index (χ0n) is 20.1. The number of hydrogen-bond acceptors (Lipinski definition) is 5. The number of thioether (sulfide) groups is 1. The number of carbonyl (C=O) groups is 3. The second-order valence-corrected chi connectivity index (χ2v) is 8.98. The van der Waals surface area contributed by atoms with E-state index in [-0.39, 0.29) is 22.9 Å². The molecule has 0 atom stereocenters. The lowest BCUT2D eigenvalue weighted by Gasteiger charge is -2.12. The van der Waals surface area contributed by atoms with Gasteiger partial charge >= 0.3 is 0 Å². The van der Waals surface area contributed by atoms with Crippen LogP contribution >= 0.6 is 11.8 Å². The van der Waals surface area contributed by atoms with Crippen LogP contribution in [0.2, 0.25) is 0 Å². The van der Waals surface area contributed by atoms with E-state index < -0.39 is 17.6 Å². The highest BCUT2D eigenvalue weighted by Gasteiger charge is 2.16. The Hall–Kier alpha value is -4.76. The van der Waals surface area contributed by atoms with E-state index in [1.807, 2.05) is 6.07 Å². The van der Waals surface area contributed by atoms with Crippen LogP contribution in [0.3, 0.4) is 0 Å². The molecule has 3 amide bonds. The van der Waals surface area contributed by atoms with Crippen LogP contribution in [0.15, 0.2) is 114 Å². The molecule has 0 aliphatic heterocycles. The van der Waals surface area contributed by atoms with Crippen molar-refractivity contribution in [1.82, 2.24) is 10.3 Å². The van der Waals surface area contributed by atoms with Crippen molar-refractivity contribution in [3.8, 4) is 0 Å². The molecule has 0 fully saturated rings. The molecule has 3 aromatic carbocycles. The topological polar surface area (TPSA) is 100 Å². The number of nitrogens with one attached hydrogen (secondary N) is 3. The number of rotatable bonds is 9. The summed E-state index contributed by atoms with van der Waals surface area (Å²) < 4.78 is 14.3. The van der Waals surface area contributed by atoms with Crippen molar-refractivity contribution in [3.05, 3.63) is 126 Å². The molecule has 0 radical (unpaired) electrons. The van der Waals surface area contributed by atoms with Gasteiger partial charge in [-0.25, -0.2) is 9.37 Å². The molecule has 0 spiro atoms. The molecule has 190 valence electrons. The van der Waals surface area contributed by atoms with Gasteiger partial charge in [0.25, 0.3) is 11.8 Å². The smallest absolute Gasteiger partial charge is 0.272 e. The Balaban J connectivity index is 1.46. The number of benzene rings is 3. The van der Waals surface area contributed by atoms with Gasteiger partial charge in [0, 0.05) is 27.9 Å². The summed E-state index contributed by atoms with van der Waals surface area (Å²) in [5.41, 5.74) is 0.812. The van der Waals surface area contributed by atoms with Gasteiger partial charge in [0.05, 0.1) is 5.75 Å². The molecule has 0 saturated carbocycles. The zero-order valence-corrected chi connectivity index (χ0v) is 20.9. The highest BCUT2D eigenvalue weighted by Crippen LogP contribution is 2.22. The maximum absolute atomic E-state index is 14.3. The van der Waals surface area contributed by atoms with Crippen molar-refractivity contribution in [1.29, 1.82) is 0 Å². The molecule has 0 aliphatic carbocycles. The summed E-state index contributed by atoms with van der Waals surface area (Å²) in [6.45, 7) is 0. The van der Waals surface area contributed by atoms with E-state index in [1.54, 1.807) is 79.0 Å². The minimum absolute atomic E-state index is 0.128. The Morgan fingerprint density at radius 2 is 1.61 bits per heavy atom. The van der Waals surface area contributed by atoms with Gasteiger partial charge in [-0.05, 0) is 54.6 Å². The summed E-state index contributed by atoms with van der Waals surface area (Å²) >= 11 is 1.28. The molecule has 0 bridgehead atoms. The van der Waals surface area contributed by atoms with E-state index in [0.717, 1.165) is 4.90 Å². The van der Waals surface area contributed by atoms with Crippen molar-refractivity contribution in [2.75, 3.05) is 16.4 Å². The van der Waals surface area contributed by atoms with Crippen molar-refractivity contribution in [2.45, 2.75) is 4.90 Å². The second-order valence-electron chi connectivity index (χ2n) is 7.93. The van der Waals surface area contributed by atoms with Gasteiger partial charge in [-0.2, -0.15) is 0 Å². The minimum atomic E-state index is -0.632. The van der Waals surface area contributed by atoms with Crippen molar-refractivity contribution in [3.63, 3.8) is 0 Å². The van der Waals surface area contributed by atoms with Crippen LogP contribution < -0.4 is 16.0 Å². The van der Waals surface area contributed by atoms with Gasteiger partial charge in [-0.1, -0.05) is 48.5 Å². The lowest BCUT2D eigenvalue weighted by atomic mass is 10.1. The molecule has 0 aliphatic rings. The van der Waals surface area contributed by atoms with Crippen LogP contribution in [-0.2, 0) is 9.59 Å². The third-order valence-electron chi connectivity index (χ3n) is 5.13. The molecule has 0 unspecified atom stereocenters. The summed E-state index contributed by atoms with van der Waals surface area (Å²) in [5.74, 6) is -1.29. The Labute approximate surface area is 223 Å².